The van der Waals surface area contributed by atoms with E-state index in [1.807, 2.05) is 12.4 Å². The Bertz CT molecular complexity index is 393. The standard InChI is InChI=1S/C13H21N3O2/c17-7-6-16-10-11(9-14-16)15-12-3-8-18-13(12)4-1-2-5-13/h9-10,12,15,17H,1-8H2. The van der Waals surface area contributed by atoms with E-state index in [2.05, 4.69) is 10.4 Å². The second-order valence-electron chi connectivity index (χ2n) is 5.32. The summed E-state index contributed by atoms with van der Waals surface area (Å²) in [5, 5.41) is 16.7. The van der Waals surface area contributed by atoms with Gasteiger partial charge in [-0.05, 0) is 19.3 Å². The third kappa shape index (κ3) is 2.12. The molecule has 5 nitrogen and oxygen atoms in total. The van der Waals surface area contributed by atoms with Gasteiger partial charge in [-0.3, -0.25) is 4.68 Å². The summed E-state index contributed by atoms with van der Waals surface area (Å²) in [5.74, 6) is 0. The predicted octanol–water partition coefficient (Wildman–Crippen LogP) is 1.39. The van der Waals surface area contributed by atoms with Gasteiger partial charge >= 0.3 is 0 Å². The first kappa shape index (κ1) is 12.0. The number of hydrogen-bond donors (Lipinski definition) is 2. The summed E-state index contributed by atoms with van der Waals surface area (Å²) >= 11 is 0. The molecule has 0 bridgehead atoms. The zero-order chi connectivity index (χ0) is 12.4. The Morgan fingerprint density at radius 2 is 2.33 bits per heavy atom. The van der Waals surface area contributed by atoms with Crippen molar-refractivity contribution in [1.82, 2.24) is 9.78 Å². The van der Waals surface area contributed by atoms with Crippen LogP contribution in [0.2, 0.25) is 0 Å². The molecule has 2 heterocycles. The number of ether oxygens (including phenoxy) is 1. The second kappa shape index (κ2) is 4.90. The third-order valence-corrected chi connectivity index (χ3v) is 4.18. The van der Waals surface area contributed by atoms with E-state index in [1.165, 1.54) is 25.7 Å². The summed E-state index contributed by atoms with van der Waals surface area (Å²) in [5.41, 5.74) is 1.10. The van der Waals surface area contributed by atoms with Crippen LogP contribution in [0, 0.1) is 0 Å². The van der Waals surface area contributed by atoms with Gasteiger partial charge in [0.25, 0.3) is 0 Å². The predicted molar refractivity (Wildman–Crippen MR) is 68.5 cm³/mol. The summed E-state index contributed by atoms with van der Waals surface area (Å²) < 4.78 is 7.77. The molecule has 1 saturated heterocycles. The van der Waals surface area contributed by atoms with Gasteiger partial charge in [0.15, 0.2) is 0 Å². The van der Waals surface area contributed by atoms with E-state index < -0.39 is 0 Å². The molecule has 1 aromatic rings. The fourth-order valence-corrected chi connectivity index (χ4v) is 3.28. The Kier molecular flexibility index (Phi) is 3.26. The zero-order valence-electron chi connectivity index (χ0n) is 10.6. The first-order valence-electron chi connectivity index (χ1n) is 6.86. The van der Waals surface area contributed by atoms with E-state index in [9.17, 15) is 0 Å². The van der Waals surface area contributed by atoms with Gasteiger partial charge in [-0.2, -0.15) is 5.10 Å². The molecule has 1 atom stereocenters. The molecule has 2 N–H and O–H groups in total. The number of nitrogens with one attached hydrogen (secondary N) is 1. The van der Waals surface area contributed by atoms with Crippen molar-refractivity contribution in [2.24, 2.45) is 0 Å². The number of aliphatic hydroxyl groups is 1. The van der Waals surface area contributed by atoms with E-state index in [4.69, 9.17) is 9.84 Å². The molecule has 1 aromatic heterocycles. The van der Waals surface area contributed by atoms with Crippen molar-refractivity contribution in [3.05, 3.63) is 12.4 Å². The molecule has 0 aromatic carbocycles. The number of nitrogens with zero attached hydrogens (tertiary/aromatic N) is 2. The number of hydrogen-bond acceptors (Lipinski definition) is 4. The highest BCUT2D eigenvalue weighted by molar-refractivity contribution is 5.40. The summed E-state index contributed by atoms with van der Waals surface area (Å²) in [7, 11) is 0. The second-order valence-corrected chi connectivity index (χ2v) is 5.32. The molecular formula is C13H21N3O2. The summed E-state index contributed by atoms with van der Waals surface area (Å²) in [6, 6.07) is 0.409. The quantitative estimate of drug-likeness (QED) is 0.849. The lowest BCUT2D eigenvalue weighted by atomic mass is 9.92. The van der Waals surface area contributed by atoms with Crippen LogP contribution in [0.15, 0.2) is 12.4 Å². The zero-order valence-corrected chi connectivity index (χ0v) is 10.6. The van der Waals surface area contributed by atoms with Crippen LogP contribution in [0.25, 0.3) is 0 Å². The smallest absolute Gasteiger partial charge is 0.0883 e. The Labute approximate surface area is 107 Å². The van der Waals surface area contributed by atoms with Crippen molar-refractivity contribution in [3.63, 3.8) is 0 Å². The van der Waals surface area contributed by atoms with Crippen molar-refractivity contribution in [2.75, 3.05) is 18.5 Å². The molecule has 2 fully saturated rings. The maximum atomic E-state index is 8.88. The van der Waals surface area contributed by atoms with Gasteiger partial charge in [0.2, 0.25) is 0 Å². The lowest BCUT2D eigenvalue weighted by molar-refractivity contribution is 0.00523. The van der Waals surface area contributed by atoms with Gasteiger partial charge in [0.1, 0.15) is 0 Å². The van der Waals surface area contributed by atoms with Crippen LogP contribution < -0.4 is 5.32 Å². The van der Waals surface area contributed by atoms with Gasteiger partial charge < -0.3 is 15.2 Å². The minimum absolute atomic E-state index is 0.0685. The average Bonchev–Trinajstić information content (AvgIpc) is 3.06. The first-order valence-corrected chi connectivity index (χ1v) is 6.86. The molecule has 2 aliphatic rings. The lowest BCUT2D eigenvalue weighted by Gasteiger charge is -2.30. The minimum atomic E-state index is 0.0685. The van der Waals surface area contributed by atoms with Gasteiger partial charge in [-0.1, -0.05) is 12.8 Å². The fraction of sp³-hybridized carbons (Fsp3) is 0.769. The molecule has 3 rings (SSSR count). The Hall–Kier alpha value is -1.07. The Morgan fingerprint density at radius 1 is 1.50 bits per heavy atom. The molecule has 100 valence electrons. The minimum Gasteiger partial charge on any atom is -0.394 e. The molecule has 1 spiro atoms. The molecule has 0 amide bonds. The van der Waals surface area contributed by atoms with Gasteiger partial charge in [-0.15, -0.1) is 0 Å². The van der Waals surface area contributed by atoms with Crippen LogP contribution >= 0.6 is 0 Å². The molecule has 1 aliphatic heterocycles. The van der Waals surface area contributed by atoms with Crippen molar-refractivity contribution in [1.29, 1.82) is 0 Å². The molecule has 1 aliphatic carbocycles. The summed E-state index contributed by atoms with van der Waals surface area (Å²) in [6.07, 6.45) is 9.77. The fourth-order valence-electron chi connectivity index (χ4n) is 3.28. The van der Waals surface area contributed by atoms with Gasteiger partial charge in [0.05, 0.1) is 36.7 Å². The van der Waals surface area contributed by atoms with Crippen LogP contribution in [0.3, 0.4) is 0 Å². The van der Waals surface area contributed by atoms with E-state index in [1.54, 1.807) is 4.68 Å². The number of anilines is 1. The van der Waals surface area contributed by atoms with Crippen molar-refractivity contribution >= 4 is 5.69 Å². The van der Waals surface area contributed by atoms with Crippen molar-refractivity contribution in [2.45, 2.75) is 50.3 Å². The molecule has 1 saturated carbocycles. The van der Waals surface area contributed by atoms with Crippen LogP contribution in [-0.4, -0.2) is 39.7 Å². The summed E-state index contributed by atoms with van der Waals surface area (Å²) in [6.45, 7) is 1.54. The maximum absolute atomic E-state index is 8.88. The van der Waals surface area contributed by atoms with Crippen molar-refractivity contribution < 1.29 is 9.84 Å². The number of rotatable bonds is 4. The molecular weight excluding hydrogens is 230 g/mol. The highest BCUT2D eigenvalue weighted by Crippen LogP contribution is 2.42. The SMILES string of the molecule is OCCn1cc(NC2CCOC23CCCC3)cn1. The first-order chi connectivity index (χ1) is 8.82. The van der Waals surface area contributed by atoms with Crippen LogP contribution in [-0.2, 0) is 11.3 Å². The highest BCUT2D eigenvalue weighted by Gasteiger charge is 2.46. The average molecular weight is 251 g/mol. The van der Waals surface area contributed by atoms with Crippen LogP contribution in [0.1, 0.15) is 32.1 Å². The number of aliphatic hydroxyl groups excluding tert-OH is 1. The van der Waals surface area contributed by atoms with Gasteiger partial charge in [0, 0.05) is 12.8 Å². The third-order valence-electron chi connectivity index (χ3n) is 4.18. The maximum Gasteiger partial charge on any atom is 0.0883 e. The lowest BCUT2D eigenvalue weighted by Crippen LogP contribution is -2.41. The molecule has 0 radical (unpaired) electrons. The Balaban J connectivity index is 1.67. The van der Waals surface area contributed by atoms with E-state index in [-0.39, 0.29) is 12.2 Å². The van der Waals surface area contributed by atoms with E-state index in [0.29, 0.717) is 12.6 Å². The van der Waals surface area contributed by atoms with E-state index in [0.717, 1.165) is 18.7 Å². The van der Waals surface area contributed by atoms with Crippen molar-refractivity contribution in [3.8, 4) is 0 Å². The van der Waals surface area contributed by atoms with Gasteiger partial charge in [-0.25, -0.2) is 0 Å². The Morgan fingerprint density at radius 3 is 3.11 bits per heavy atom. The molecule has 5 heteroatoms. The topological polar surface area (TPSA) is 59.3 Å². The highest BCUT2D eigenvalue weighted by atomic mass is 16.5. The number of aromatic nitrogens is 2. The normalized spacial score (nSPS) is 25.9. The largest absolute Gasteiger partial charge is 0.394 e. The van der Waals surface area contributed by atoms with E-state index >= 15 is 0 Å². The molecule has 18 heavy (non-hydrogen) atoms. The van der Waals surface area contributed by atoms with Crippen LogP contribution in [0.5, 0.6) is 0 Å². The molecule has 1 unspecified atom stereocenters. The monoisotopic (exact) mass is 251 g/mol. The summed E-state index contributed by atoms with van der Waals surface area (Å²) in [4.78, 5) is 0. The van der Waals surface area contributed by atoms with Crippen LogP contribution in [0.4, 0.5) is 5.69 Å².